The molecule has 0 aliphatic heterocycles. The summed E-state index contributed by atoms with van der Waals surface area (Å²) in [6.07, 6.45) is 65.2. The first kappa shape index (κ1) is 62.4. The standard InChI is InChI=1S/C58H91NO8/c1-6-8-10-12-14-16-18-20-22-23-24-25-26-27-28-29-30-31-32-33-35-37-39-41-43-45-47-49-56(61)67-54(53-66-58(57(62)63)64-51-50-59(3,4)5)52-65-55(60)48-46-44-42-40-38-36-34-21-19-17-15-13-11-9-7-2/h8-11,14-17,20-22,24-25,27-28,30-31,33-35,39,41,54,58H,6-7,12-13,18-19,23,26,29,32,36-38,40,42-53H2,1-5H3/p+1/b10-8-,11-9-,16-14-,17-15-,22-20-,25-24-,28-27-,31-30-,34-21-,35-33-,41-39-. The first-order chi connectivity index (χ1) is 32.6. The molecule has 0 saturated carbocycles. The number of carbonyl (C=O) groups is 3. The van der Waals surface area contributed by atoms with Gasteiger partial charge in [0, 0.05) is 12.8 Å². The largest absolute Gasteiger partial charge is 0.477 e. The van der Waals surface area contributed by atoms with E-state index in [-0.39, 0.29) is 38.6 Å². The lowest BCUT2D eigenvalue weighted by atomic mass is 10.1. The van der Waals surface area contributed by atoms with Crippen LogP contribution in [-0.2, 0) is 33.3 Å². The van der Waals surface area contributed by atoms with Gasteiger partial charge in [0.25, 0.3) is 6.29 Å². The van der Waals surface area contributed by atoms with Crippen molar-refractivity contribution in [3.8, 4) is 0 Å². The van der Waals surface area contributed by atoms with Gasteiger partial charge in [-0.3, -0.25) is 9.59 Å². The topological polar surface area (TPSA) is 108 Å². The summed E-state index contributed by atoms with van der Waals surface area (Å²) in [5, 5.41) is 9.66. The van der Waals surface area contributed by atoms with Gasteiger partial charge in [-0.1, -0.05) is 167 Å². The van der Waals surface area contributed by atoms with E-state index in [1.165, 1.54) is 0 Å². The third-order valence-corrected chi connectivity index (χ3v) is 9.90. The summed E-state index contributed by atoms with van der Waals surface area (Å²) < 4.78 is 22.7. The van der Waals surface area contributed by atoms with E-state index in [2.05, 4.69) is 148 Å². The maximum absolute atomic E-state index is 12.8. The van der Waals surface area contributed by atoms with Crippen LogP contribution < -0.4 is 0 Å². The van der Waals surface area contributed by atoms with Crippen LogP contribution in [-0.4, -0.2) is 87.4 Å². The average molecular weight is 931 g/mol. The molecule has 9 nitrogen and oxygen atoms in total. The highest BCUT2D eigenvalue weighted by molar-refractivity contribution is 5.71. The minimum absolute atomic E-state index is 0.167. The normalized spacial score (nSPS) is 14.0. The van der Waals surface area contributed by atoms with E-state index in [1.807, 2.05) is 21.1 Å². The molecule has 0 bridgehead atoms. The van der Waals surface area contributed by atoms with E-state index in [0.717, 1.165) is 116 Å². The molecule has 0 aromatic rings. The summed E-state index contributed by atoms with van der Waals surface area (Å²) in [4.78, 5) is 37.2. The van der Waals surface area contributed by atoms with Crippen LogP contribution in [0.25, 0.3) is 0 Å². The second-order valence-corrected chi connectivity index (χ2v) is 17.4. The van der Waals surface area contributed by atoms with Crippen LogP contribution in [0.15, 0.2) is 134 Å². The van der Waals surface area contributed by atoms with Gasteiger partial charge in [-0.25, -0.2) is 4.79 Å². The van der Waals surface area contributed by atoms with Gasteiger partial charge in [0.05, 0.1) is 34.4 Å². The fourth-order valence-electron chi connectivity index (χ4n) is 6.04. The van der Waals surface area contributed by atoms with Crippen LogP contribution in [0.4, 0.5) is 0 Å². The van der Waals surface area contributed by atoms with Crippen LogP contribution >= 0.6 is 0 Å². The third-order valence-electron chi connectivity index (χ3n) is 9.90. The number of nitrogens with zero attached hydrogens (tertiary/aromatic N) is 1. The van der Waals surface area contributed by atoms with Gasteiger partial charge < -0.3 is 28.5 Å². The lowest BCUT2D eigenvalue weighted by molar-refractivity contribution is -0.870. The Morgan fingerprint density at radius 1 is 0.448 bits per heavy atom. The van der Waals surface area contributed by atoms with Crippen molar-refractivity contribution in [1.29, 1.82) is 0 Å². The fraction of sp³-hybridized carbons (Fsp3) is 0.569. The van der Waals surface area contributed by atoms with Gasteiger partial charge in [-0.15, -0.1) is 0 Å². The Labute approximate surface area is 408 Å². The highest BCUT2D eigenvalue weighted by Gasteiger charge is 2.25. The number of esters is 2. The molecular weight excluding hydrogens is 839 g/mol. The van der Waals surface area contributed by atoms with E-state index < -0.39 is 24.3 Å². The van der Waals surface area contributed by atoms with Gasteiger partial charge in [0.15, 0.2) is 6.10 Å². The molecule has 67 heavy (non-hydrogen) atoms. The van der Waals surface area contributed by atoms with Crippen LogP contribution in [0.2, 0.25) is 0 Å². The van der Waals surface area contributed by atoms with E-state index in [4.69, 9.17) is 18.9 Å². The van der Waals surface area contributed by atoms with Crippen LogP contribution in [0.3, 0.4) is 0 Å². The molecule has 0 fully saturated rings. The predicted octanol–water partition coefficient (Wildman–Crippen LogP) is 14.3. The number of carbonyl (C=O) groups excluding carboxylic acids is 2. The second-order valence-electron chi connectivity index (χ2n) is 17.4. The average Bonchev–Trinajstić information content (AvgIpc) is 3.29. The summed E-state index contributed by atoms with van der Waals surface area (Å²) >= 11 is 0. The molecule has 9 heteroatoms. The van der Waals surface area contributed by atoms with Crippen molar-refractivity contribution >= 4 is 17.9 Å². The molecule has 0 amide bonds. The number of ether oxygens (including phenoxy) is 4. The number of hydrogen-bond donors (Lipinski definition) is 1. The smallest absolute Gasteiger partial charge is 0.361 e. The Morgan fingerprint density at radius 2 is 0.806 bits per heavy atom. The molecule has 376 valence electrons. The Hall–Kier alpha value is -4.57. The highest BCUT2D eigenvalue weighted by atomic mass is 16.7. The zero-order valence-electron chi connectivity index (χ0n) is 42.5. The molecule has 2 unspecified atom stereocenters. The highest BCUT2D eigenvalue weighted by Crippen LogP contribution is 2.11. The van der Waals surface area contributed by atoms with Gasteiger partial charge in [0.2, 0.25) is 0 Å². The zero-order valence-corrected chi connectivity index (χ0v) is 42.5. The van der Waals surface area contributed by atoms with E-state index in [9.17, 15) is 19.5 Å². The van der Waals surface area contributed by atoms with Crippen LogP contribution in [0.5, 0.6) is 0 Å². The molecule has 0 aromatic carbocycles. The summed E-state index contributed by atoms with van der Waals surface area (Å²) in [7, 11) is 5.92. The van der Waals surface area contributed by atoms with Crippen LogP contribution in [0, 0.1) is 0 Å². The predicted molar refractivity (Wildman–Crippen MR) is 281 cm³/mol. The molecule has 0 spiro atoms. The van der Waals surface area contributed by atoms with Gasteiger partial charge in [-0.05, 0) is 109 Å². The number of likely N-dealkylation sites (N-methyl/N-ethyl adjacent to an activating group) is 1. The van der Waals surface area contributed by atoms with Crippen molar-refractivity contribution in [2.24, 2.45) is 0 Å². The molecule has 0 radical (unpaired) electrons. The lowest BCUT2D eigenvalue weighted by Gasteiger charge is -2.25. The summed E-state index contributed by atoms with van der Waals surface area (Å²) in [5.41, 5.74) is 0. The van der Waals surface area contributed by atoms with E-state index in [1.54, 1.807) is 0 Å². The Morgan fingerprint density at radius 3 is 1.22 bits per heavy atom. The fourth-order valence-corrected chi connectivity index (χ4v) is 6.04. The molecule has 2 atom stereocenters. The molecule has 0 aliphatic carbocycles. The molecule has 0 aromatic heterocycles. The molecule has 0 rings (SSSR count). The van der Waals surface area contributed by atoms with Crippen molar-refractivity contribution in [2.75, 3.05) is 47.5 Å². The lowest BCUT2D eigenvalue weighted by Crippen LogP contribution is -2.40. The van der Waals surface area contributed by atoms with Gasteiger partial charge in [-0.2, -0.15) is 0 Å². The minimum atomic E-state index is -1.54. The van der Waals surface area contributed by atoms with Gasteiger partial charge >= 0.3 is 17.9 Å². The molecule has 0 saturated heterocycles. The molecule has 0 heterocycles. The number of allylic oxidation sites excluding steroid dienone is 22. The Kier molecular flexibility index (Phi) is 44.6. The molecule has 0 aliphatic rings. The first-order valence-corrected chi connectivity index (χ1v) is 25.3. The Balaban J connectivity index is 4.49. The molecular formula is C58H92NO8+. The second kappa shape index (κ2) is 47.9. The maximum Gasteiger partial charge on any atom is 0.361 e. The number of aliphatic carboxylic acids is 1. The SMILES string of the molecule is CC/C=C\C/C=C\C/C=C\C/C=C\C/C=C\C/C=C\C/C=C\C/C=C\CCCCC(=O)OC(COC(=O)CCCCCCC/C=C\C/C=C\C/C=C\CC)COC(OCC[N+](C)(C)C)C(=O)O. The number of carboxylic acid groups (broad SMARTS) is 1. The maximum atomic E-state index is 12.8. The van der Waals surface area contributed by atoms with E-state index >= 15 is 0 Å². The summed E-state index contributed by atoms with van der Waals surface area (Å²) in [6, 6.07) is 0. The van der Waals surface area contributed by atoms with Crippen molar-refractivity contribution in [2.45, 2.75) is 167 Å². The number of hydrogen-bond acceptors (Lipinski definition) is 7. The summed E-state index contributed by atoms with van der Waals surface area (Å²) in [6.45, 7) is 4.53. The zero-order chi connectivity index (χ0) is 49.2. The minimum Gasteiger partial charge on any atom is -0.477 e. The van der Waals surface area contributed by atoms with Crippen molar-refractivity contribution in [3.05, 3.63) is 134 Å². The number of unbranched alkanes of at least 4 members (excludes halogenated alkanes) is 7. The number of quaternary nitrogens is 1. The molecule has 1 N–H and O–H groups in total. The Bertz CT molecular complexity index is 1550. The summed E-state index contributed by atoms with van der Waals surface area (Å²) in [5.74, 6) is -2.11. The van der Waals surface area contributed by atoms with Crippen molar-refractivity contribution < 1.29 is 42.9 Å². The third kappa shape index (κ3) is 49.2. The van der Waals surface area contributed by atoms with Gasteiger partial charge in [0.1, 0.15) is 13.2 Å². The van der Waals surface area contributed by atoms with Crippen molar-refractivity contribution in [3.63, 3.8) is 0 Å². The van der Waals surface area contributed by atoms with Crippen molar-refractivity contribution in [1.82, 2.24) is 0 Å². The number of carboxylic acids is 1. The number of rotatable bonds is 44. The first-order valence-electron chi connectivity index (χ1n) is 25.3. The monoisotopic (exact) mass is 931 g/mol. The van der Waals surface area contributed by atoms with Crippen LogP contribution in [0.1, 0.15) is 155 Å². The quantitative estimate of drug-likeness (QED) is 0.0212. The van der Waals surface area contributed by atoms with E-state index in [0.29, 0.717) is 23.9 Å².